The fourth-order valence-corrected chi connectivity index (χ4v) is 11.5. The summed E-state index contributed by atoms with van der Waals surface area (Å²) in [6, 6.07) is 67.6. The van der Waals surface area contributed by atoms with Crippen molar-refractivity contribution in [2.45, 2.75) is 78.6 Å². The number of anilines is 6. The van der Waals surface area contributed by atoms with Gasteiger partial charge in [-0.25, -0.2) is 0 Å². The molecule has 4 nitrogen and oxygen atoms in total. The summed E-state index contributed by atoms with van der Waals surface area (Å²) in [5, 5.41) is 4.52. The Morgan fingerprint density at radius 3 is 1.20 bits per heavy atom. The number of furan rings is 2. The lowest BCUT2D eigenvalue weighted by atomic mass is 9.33. The third-order valence-electron chi connectivity index (χ3n) is 15.3. The predicted octanol–water partition coefficient (Wildman–Crippen LogP) is 16.8. The smallest absolute Gasteiger partial charge is 0.252 e. The van der Waals surface area contributed by atoms with Gasteiger partial charge in [0, 0.05) is 66.8 Å². The van der Waals surface area contributed by atoms with E-state index in [2.05, 4.69) is 242 Å². The lowest BCUT2D eigenvalue weighted by Gasteiger charge is -2.45. The first-order valence-corrected chi connectivity index (χ1v) is 25.2. The number of fused-ring (bicyclic) bond motifs is 10. The molecule has 13 rings (SSSR count). The van der Waals surface area contributed by atoms with Gasteiger partial charge >= 0.3 is 0 Å². The van der Waals surface area contributed by atoms with Crippen molar-refractivity contribution >= 4 is 101 Å². The summed E-state index contributed by atoms with van der Waals surface area (Å²) in [5.74, 6) is 0. The van der Waals surface area contributed by atoms with Crippen LogP contribution >= 0.6 is 0 Å². The fourth-order valence-electron chi connectivity index (χ4n) is 11.5. The second kappa shape index (κ2) is 15.4. The Hall–Kier alpha value is -7.76. The molecule has 0 bridgehead atoms. The number of hydrogen-bond donors (Lipinski definition) is 0. The average Bonchev–Trinajstić information content (AvgIpc) is 3.94. The molecule has 0 saturated heterocycles. The molecule has 346 valence electrons. The molecule has 0 saturated carbocycles. The molecule has 71 heavy (non-hydrogen) atoms. The van der Waals surface area contributed by atoms with Crippen LogP contribution in [-0.4, -0.2) is 6.71 Å². The molecular formula is C66H57BN2O2. The van der Waals surface area contributed by atoms with Crippen molar-refractivity contribution in [2.75, 3.05) is 9.80 Å². The summed E-state index contributed by atoms with van der Waals surface area (Å²) in [5.41, 5.74) is 22.6. The predicted molar refractivity (Wildman–Crippen MR) is 302 cm³/mol. The van der Waals surface area contributed by atoms with Gasteiger partial charge in [0.2, 0.25) is 0 Å². The highest BCUT2D eigenvalue weighted by molar-refractivity contribution is 7.00. The first-order chi connectivity index (χ1) is 34.1. The molecule has 4 heterocycles. The van der Waals surface area contributed by atoms with Crippen LogP contribution in [0.5, 0.6) is 0 Å². The van der Waals surface area contributed by atoms with Crippen molar-refractivity contribution in [3.8, 4) is 22.3 Å². The lowest BCUT2D eigenvalue weighted by Crippen LogP contribution is -2.61. The van der Waals surface area contributed by atoms with Gasteiger partial charge in [-0.3, -0.25) is 0 Å². The minimum absolute atomic E-state index is 0.0314. The van der Waals surface area contributed by atoms with E-state index in [9.17, 15) is 0 Å². The largest absolute Gasteiger partial charge is 0.455 e. The van der Waals surface area contributed by atoms with Crippen molar-refractivity contribution in [2.24, 2.45) is 0 Å². The molecule has 2 aliphatic heterocycles. The van der Waals surface area contributed by atoms with E-state index in [-0.39, 0.29) is 23.0 Å². The summed E-state index contributed by atoms with van der Waals surface area (Å²) >= 11 is 0. The first kappa shape index (κ1) is 43.3. The van der Waals surface area contributed by atoms with Gasteiger partial charge < -0.3 is 18.6 Å². The second-order valence-corrected chi connectivity index (χ2v) is 23.0. The summed E-state index contributed by atoms with van der Waals surface area (Å²) in [4.78, 5) is 5.12. The van der Waals surface area contributed by atoms with Crippen LogP contribution in [-0.2, 0) is 16.2 Å². The molecule has 11 aromatic rings. The highest BCUT2D eigenvalue weighted by Crippen LogP contribution is 2.49. The molecular weight excluding hydrogens is 864 g/mol. The molecule has 0 amide bonds. The normalized spacial score (nSPS) is 13.6. The van der Waals surface area contributed by atoms with Crippen molar-refractivity contribution in [3.63, 3.8) is 0 Å². The van der Waals surface area contributed by atoms with E-state index in [1.54, 1.807) is 0 Å². The van der Waals surface area contributed by atoms with Crippen LogP contribution in [0.2, 0.25) is 0 Å². The van der Waals surface area contributed by atoms with Gasteiger partial charge in [0.1, 0.15) is 22.3 Å². The average molecular weight is 921 g/mol. The topological polar surface area (TPSA) is 32.8 Å². The third kappa shape index (κ3) is 6.80. The zero-order chi connectivity index (χ0) is 48.7. The van der Waals surface area contributed by atoms with Gasteiger partial charge in [0.25, 0.3) is 6.71 Å². The van der Waals surface area contributed by atoms with E-state index in [1.165, 1.54) is 55.8 Å². The molecule has 0 N–H and O–H groups in total. The van der Waals surface area contributed by atoms with Crippen molar-refractivity contribution < 1.29 is 8.83 Å². The van der Waals surface area contributed by atoms with Gasteiger partial charge in [0.05, 0.1) is 0 Å². The van der Waals surface area contributed by atoms with Crippen LogP contribution < -0.4 is 26.2 Å². The Kier molecular flexibility index (Phi) is 9.37. The Balaban J connectivity index is 1.09. The van der Waals surface area contributed by atoms with Crippen LogP contribution in [0.15, 0.2) is 191 Å². The Labute approximate surface area is 417 Å². The van der Waals surface area contributed by atoms with Crippen LogP contribution in [0, 0.1) is 0 Å². The van der Waals surface area contributed by atoms with E-state index in [1.807, 2.05) is 12.1 Å². The molecule has 9 aromatic carbocycles. The number of benzene rings is 9. The van der Waals surface area contributed by atoms with E-state index in [0.29, 0.717) is 0 Å². The quantitative estimate of drug-likeness (QED) is 0.165. The molecule has 0 aliphatic carbocycles. The molecule has 2 aromatic heterocycles. The summed E-state index contributed by atoms with van der Waals surface area (Å²) in [7, 11) is 0. The third-order valence-corrected chi connectivity index (χ3v) is 15.3. The van der Waals surface area contributed by atoms with Gasteiger partial charge in [0.15, 0.2) is 0 Å². The van der Waals surface area contributed by atoms with Crippen LogP contribution in [0.1, 0.15) is 79.0 Å². The highest BCUT2D eigenvalue weighted by atomic mass is 16.3. The second-order valence-electron chi connectivity index (χ2n) is 23.0. The molecule has 0 unspecified atom stereocenters. The van der Waals surface area contributed by atoms with Gasteiger partial charge in [-0.2, -0.15) is 0 Å². The van der Waals surface area contributed by atoms with Crippen molar-refractivity contribution in [3.05, 3.63) is 199 Å². The molecule has 0 fully saturated rings. The molecule has 2 aliphatic rings. The molecule has 0 radical (unpaired) electrons. The summed E-state index contributed by atoms with van der Waals surface area (Å²) in [6.45, 7) is 21.0. The highest BCUT2D eigenvalue weighted by Gasteiger charge is 2.45. The van der Waals surface area contributed by atoms with E-state index >= 15 is 0 Å². The standard InChI is InChI=1S/C66H57BN2O2/c1-64(2,3)42-30-32-55-53(36-42)67-54-37-43(65(4,5)6)31-33-56(54)69(46-21-15-19-41(35-46)48-25-17-27-52-50-23-11-13-29-60(50)71-63(48)52)58-39-44(66(7,8)9)38-57(61(58)67)68(55)45-20-14-18-40(34-45)47-24-16-26-51-49-22-10-12-28-59(49)70-62(47)51/h10-39H,1-9H3. The van der Waals surface area contributed by atoms with Gasteiger partial charge in [-0.15, -0.1) is 0 Å². The van der Waals surface area contributed by atoms with Crippen LogP contribution in [0.4, 0.5) is 34.1 Å². The maximum atomic E-state index is 6.65. The van der Waals surface area contributed by atoms with Crippen molar-refractivity contribution in [1.29, 1.82) is 0 Å². The first-order valence-electron chi connectivity index (χ1n) is 25.2. The van der Waals surface area contributed by atoms with Crippen molar-refractivity contribution in [1.82, 2.24) is 0 Å². The Morgan fingerprint density at radius 2 is 0.761 bits per heavy atom. The molecule has 5 heteroatoms. The molecule has 0 spiro atoms. The van der Waals surface area contributed by atoms with Crippen LogP contribution in [0.3, 0.4) is 0 Å². The SMILES string of the molecule is CC(C)(C)c1ccc2c(c1)B1c3cc(C(C)(C)C)ccc3N(c3cccc(-c4cccc5c4oc4ccccc45)c3)c3cc(C(C)(C)C)cc(c31)N2c1cccc(-c2cccc3c2oc2ccccc23)c1. The van der Waals surface area contributed by atoms with E-state index < -0.39 is 0 Å². The summed E-state index contributed by atoms with van der Waals surface area (Å²) in [6.07, 6.45) is 0. The minimum atomic E-state index is -0.164. The summed E-state index contributed by atoms with van der Waals surface area (Å²) < 4.78 is 13.3. The number of para-hydroxylation sites is 4. The molecule has 0 atom stereocenters. The van der Waals surface area contributed by atoms with Crippen LogP contribution in [0.25, 0.3) is 66.1 Å². The maximum Gasteiger partial charge on any atom is 0.252 e. The van der Waals surface area contributed by atoms with Gasteiger partial charge in [-0.1, -0.05) is 184 Å². The zero-order valence-electron chi connectivity index (χ0n) is 42.1. The Morgan fingerprint density at radius 1 is 0.352 bits per heavy atom. The van der Waals surface area contributed by atoms with E-state index in [0.717, 1.165) is 77.5 Å². The minimum Gasteiger partial charge on any atom is -0.455 e. The maximum absolute atomic E-state index is 6.65. The number of hydrogen-bond acceptors (Lipinski definition) is 4. The zero-order valence-corrected chi connectivity index (χ0v) is 42.1. The lowest BCUT2D eigenvalue weighted by molar-refractivity contribution is 0.590. The van der Waals surface area contributed by atoms with E-state index in [4.69, 9.17) is 8.83 Å². The Bertz CT molecular complexity index is 3730. The number of nitrogens with zero attached hydrogens (tertiary/aromatic N) is 2. The van der Waals surface area contributed by atoms with Gasteiger partial charge in [-0.05, 0) is 121 Å². The fraction of sp³-hybridized carbons (Fsp3) is 0.182. The number of rotatable bonds is 4. The monoisotopic (exact) mass is 920 g/mol.